The van der Waals surface area contributed by atoms with Crippen LogP contribution in [0.15, 0.2) is 127 Å². The molecule has 0 radical (unpaired) electrons. The third-order valence-electron chi connectivity index (χ3n) is 11.3. The van der Waals surface area contributed by atoms with Gasteiger partial charge < -0.3 is 19.8 Å². The number of aromatic nitrogens is 5. The summed E-state index contributed by atoms with van der Waals surface area (Å²) in [5.74, 6) is 1.62. The molecule has 0 saturated carbocycles. The molecule has 292 valence electrons. The van der Waals surface area contributed by atoms with Crippen LogP contribution in [0.5, 0.6) is 0 Å². The van der Waals surface area contributed by atoms with Crippen molar-refractivity contribution in [3.8, 4) is 44.2 Å². The number of nitrogens with one attached hydrogen (secondary N) is 2. The number of alkyl halides is 1. The predicted molar refractivity (Wildman–Crippen MR) is 237 cm³/mol. The van der Waals surface area contributed by atoms with Crippen molar-refractivity contribution in [3.05, 3.63) is 150 Å². The first-order chi connectivity index (χ1) is 28.3. The standard InChI is InChI=1S/C46H43IN8O2S/c1-53(2)40(34-11-5-3-6-12-34)44(57)55-26-10-24-46(55,47)45-49-28-37(52-45)33-22-18-31(19-23-33)30-16-20-32(21-17-30)36-27-48-41(50-36)39-15-9-25-54(39)43(56)38-29-58-42(51-38)35-13-7-4-8-14-35/h3-8,11-14,16-23,27-29,39-40H,9-10,15,24-26H2,1-2H3,(H,48,50)(H,49,52)/t39-,40+,46+/m0/s1. The molecule has 58 heavy (non-hydrogen) atoms. The van der Waals surface area contributed by atoms with Crippen LogP contribution >= 0.6 is 33.9 Å². The van der Waals surface area contributed by atoms with Crippen molar-refractivity contribution < 1.29 is 9.59 Å². The highest BCUT2D eigenvalue weighted by atomic mass is 127. The van der Waals surface area contributed by atoms with Crippen molar-refractivity contribution in [1.29, 1.82) is 0 Å². The Labute approximate surface area is 355 Å². The molecule has 0 spiro atoms. The summed E-state index contributed by atoms with van der Waals surface area (Å²) in [6.07, 6.45) is 7.26. The Kier molecular flexibility index (Phi) is 10.6. The number of thiazole rings is 1. The van der Waals surface area contributed by atoms with E-state index >= 15 is 0 Å². The van der Waals surface area contributed by atoms with Gasteiger partial charge in [0.05, 0.1) is 29.8 Å². The smallest absolute Gasteiger partial charge is 0.273 e. The Balaban J connectivity index is 0.864. The minimum absolute atomic E-state index is 0.0547. The van der Waals surface area contributed by atoms with Crippen molar-refractivity contribution in [2.75, 3.05) is 27.2 Å². The SMILES string of the molecule is CN(C)[C@@H](C(=O)N1CCC[C@]1(I)c1ncc(-c2ccc(-c3ccc(-c4cnc([C@@H]5CCCN5C(=O)c5csc(-c6ccccc6)n5)[nH]4)cc3)cc2)[nH]1)c1ccccc1. The Morgan fingerprint density at radius 3 is 2.07 bits per heavy atom. The van der Waals surface area contributed by atoms with Gasteiger partial charge in [-0.2, -0.15) is 0 Å². The van der Waals surface area contributed by atoms with E-state index in [2.05, 4.69) is 86.1 Å². The van der Waals surface area contributed by atoms with Crippen molar-refractivity contribution in [2.24, 2.45) is 0 Å². The molecule has 3 aromatic heterocycles. The van der Waals surface area contributed by atoms with Gasteiger partial charge in [-0.05, 0) is 90.2 Å². The van der Waals surface area contributed by atoms with Crippen LogP contribution in [0.25, 0.3) is 44.2 Å². The highest BCUT2D eigenvalue weighted by Crippen LogP contribution is 2.46. The number of benzene rings is 4. The molecule has 2 fully saturated rings. The second kappa shape index (κ2) is 16.1. The van der Waals surface area contributed by atoms with Gasteiger partial charge in [-0.25, -0.2) is 15.0 Å². The van der Waals surface area contributed by atoms with Gasteiger partial charge >= 0.3 is 0 Å². The first-order valence-electron chi connectivity index (χ1n) is 19.6. The predicted octanol–water partition coefficient (Wildman–Crippen LogP) is 9.75. The molecule has 2 amide bonds. The fraction of sp³-hybridized carbons (Fsp3) is 0.239. The molecule has 7 aromatic rings. The summed E-state index contributed by atoms with van der Waals surface area (Å²) in [5.41, 5.74) is 8.58. The summed E-state index contributed by atoms with van der Waals surface area (Å²) >= 11 is 3.92. The monoisotopic (exact) mass is 898 g/mol. The van der Waals surface area contributed by atoms with E-state index in [0.717, 1.165) is 87.1 Å². The first-order valence-corrected chi connectivity index (χ1v) is 21.6. The van der Waals surface area contributed by atoms with Gasteiger partial charge in [0.1, 0.15) is 28.4 Å². The van der Waals surface area contributed by atoms with E-state index in [4.69, 9.17) is 9.97 Å². The van der Waals surface area contributed by atoms with Gasteiger partial charge in [-0.15, -0.1) is 11.3 Å². The van der Waals surface area contributed by atoms with Gasteiger partial charge in [0, 0.05) is 24.0 Å². The molecule has 5 heterocycles. The van der Waals surface area contributed by atoms with Crippen molar-refractivity contribution in [3.63, 3.8) is 0 Å². The van der Waals surface area contributed by atoms with Crippen molar-refractivity contribution >= 4 is 45.7 Å². The summed E-state index contributed by atoms with van der Waals surface area (Å²) in [5, 5.41) is 2.71. The van der Waals surface area contributed by atoms with Crippen LogP contribution in [0.2, 0.25) is 0 Å². The summed E-state index contributed by atoms with van der Waals surface area (Å²) in [6.45, 7) is 1.37. The number of carbonyl (C=O) groups is 2. The first kappa shape index (κ1) is 38.1. The molecule has 2 aliphatic rings. The molecular formula is C46H43IN8O2S. The molecule has 4 aromatic carbocycles. The Hall–Kier alpha value is -5.44. The van der Waals surface area contributed by atoms with Crippen LogP contribution < -0.4 is 0 Å². The Morgan fingerprint density at radius 1 is 0.776 bits per heavy atom. The topological polar surface area (TPSA) is 114 Å². The fourth-order valence-electron chi connectivity index (χ4n) is 8.29. The maximum atomic E-state index is 14.1. The fourth-order valence-corrected chi connectivity index (χ4v) is 10.2. The zero-order valence-electron chi connectivity index (χ0n) is 32.3. The second-order valence-electron chi connectivity index (χ2n) is 15.2. The lowest BCUT2D eigenvalue weighted by Crippen LogP contribution is -2.46. The zero-order chi connectivity index (χ0) is 39.8. The van der Waals surface area contributed by atoms with E-state index in [0.29, 0.717) is 18.8 Å². The summed E-state index contributed by atoms with van der Waals surface area (Å²) < 4.78 is -0.560. The van der Waals surface area contributed by atoms with Gasteiger partial charge in [-0.3, -0.25) is 14.5 Å². The normalized spacial score (nSPS) is 18.6. The van der Waals surface area contributed by atoms with E-state index in [1.807, 2.05) is 107 Å². The average molecular weight is 899 g/mol. The van der Waals surface area contributed by atoms with Gasteiger partial charge in [0.15, 0.2) is 3.55 Å². The largest absolute Gasteiger partial charge is 0.340 e. The molecule has 0 bridgehead atoms. The third-order valence-corrected chi connectivity index (χ3v) is 13.8. The van der Waals surface area contributed by atoms with Crippen LogP contribution in [0.4, 0.5) is 0 Å². The van der Waals surface area contributed by atoms with E-state index in [9.17, 15) is 9.59 Å². The van der Waals surface area contributed by atoms with Gasteiger partial charge in [-0.1, -0.05) is 109 Å². The third kappa shape index (κ3) is 7.29. The lowest BCUT2D eigenvalue weighted by atomic mass is 10.0. The zero-order valence-corrected chi connectivity index (χ0v) is 35.3. The molecule has 0 unspecified atom stereocenters. The van der Waals surface area contributed by atoms with Crippen molar-refractivity contribution in [2.45, 2.75) is 41.3 Å². The summed E-state index contributed by atoms with van der Waals surface area (Å²) in [7, 11) is 3.92. The molecule has 2 saturated heterocycles. The van der Waals surface area contributed by atoms with Crippen LogP contribution in [0.1, 0.15) is 65.5 Å². The van der Waals surface area contributed by atoms with Gasteiger partial charge in [0.25, 0.3) is 5.91 Å². The van der Waals surface area contributed by atoms with Crippen LogP contribution in [0.3, 0.4) is 0 Å². The minimum Gasteiger partial charge on any atom is -0.340 e. The lowest BCUT2D eigenvalue weighted by molar-refractivity contribution is -0.138. The minimum atomic E-state index is -0.560. The second-order valence-corrected chi connectivity index (χ2v) is 17.8. The molecule has 2 aliphatic heterocycles. The molecular weight excluding hydrogens is 856 g/mol. The molecule has 2 N–H and O–H groups in total. The maximum absolute atomic E-state index is 14.1. The molecule has 12 heteroatoms. The van der Waals surface area contributed by atoms with E-state index in [1.165, 1.54) is 11.3 Å². The van der Waals surface area contributed by atoms with E-state index in [1.54, 1.807) is 0 Å². The summed E-state index contributed by atoms with van der Waals surface area (Å²) in [4.78, 5) is 55.0. The quantitative estimate of drug-likeness (QED) is 0.0804. The number of likely N-dealkylation sites (N-methyl/N-ethyl adjacent to an activating group) is 1. The van der Waals surface area contributed by atoms with Crippen LogP contribution in [-0.2, 0) is 8.34 Å². The van der Waals surface area contributed by atoms with Gasteiger partial charge in [0.2, 0.25) is 5.91 Å². The molecule has 3 atom stereocenters. The Bertz CT molecular complexity index is 2530. The number of imidazole rings is 2. The molecule has 10 nitrogen and oxygen atoms in total. The highest BCUT2D eigenvalue weighted by molar-refractivity contribution is 14.1. The summed E-state index contributed by atoms with van der Waals surface area (Å²) in [6, 6.07) is 36.4. The molecule has 9 rings (SSSR count). The number of hydrogen-bond donors (Lipinski definition) is 2. The van der Waals surface area contributed by atoms with Crippen LogP contribution in [0, 0.1) is 0 Å². The number of hydrogen-bond acceptors (Lipinski definition) is 7. The Morgan fingerprint density at radius 2 is 1.40 bits per heavy atom. The number of carbonyl (C=O) groups excluding carboxylic acids is 2. The highest BCUT2D eigenvalue weighted by Gasteiger charge is 2.47. The lowest BCUT2D eigenvalue weighted by Gasteiger charge is -2.36. The number of amides is 2. The van der Waals surface area contributed by atoms with E-state index in [-0.39, 0.29) is 23.9 Å². The average Bonchev–Trinajstić information content (AvgIpc) is 4.11. The van der Waals surface area contributed by atoms with E-state index < -0.39 is 3.55 Å². The van der Waals surface area contributed by atoms with Crippen molar-refractivity contribution in [1.82, 2.24) is 39.6 Å². The molecule has 0 aliphatic carbocycles. The number of halogens is 1. The number of H-pyrrole nitrogens is 2. The number of rotatable bonds is 10. The number of nitrogens with zero attached hydrogens (tertiary/aromatic N) is 6. The number of aromatic amines is 2. The maximum Gasteiger partial charge on any atom is 0.273 e. The number of likely N-dealkylation sites (tertiary alicyclic amines) is 2. The van der Waals surface area contributed by atoms with Crippen LogP contribution in [-0.4, -0.2) is 78.6 Å².